The molecule has 0 unspecified atom stereocenters. The Morgan fingerprint density at radius 1 is 0.736 bits per heavy atom. The monoisotopic (exact) mass is 748 g/mol. The van der Waals surface area contributed by atoms with E-state index in [1.165, 1.54) is 25.0 Å². The second-order valence-electron chi connectivity index (χ2n) is 12.5. The molecule has 53 heavy (non-hydrogen) atoms. The number of carbonyl (C=O) groups is 6. The first-order chi connectivity index (χ1) is 25.7. The van der Waals surface area contributed by atoms with Crippen LogP contribution < -0.4 is 16.0 Å². The van der Waals surface area contributed by atoms with E-state index in [0.717, 1.165) is 69.4 Å². The average Bonchev–Trinajstić information content (AvgIpc) is 4.00. The molecule has 0 radical (unpaired) electrons. The highest BCUT2D eigenvalue weighted by molar-refractivity contribution is 8.18. The van der Waals surface area contributed by atoms with E-state index in [1.54, 1.807) is 53.9 Å². The molecule has 268 valence electrons. The van der Waals surface area contributed by atoms with E-state index in [0.29, 0.717) is 34.1 Å². The van der Waals surface area contributed by atoms with Gasteiger partial charge in [-0.05, 0) is 96.1 Å². The molecule has 2 saturated heterocycles. The number of hydrogen-bond donors (Lipinski definition) is 3. The van der Waals surface area contributed by atoms with E-state index in [1.807, 2.05) is 36.4 Å². The number of thioether (sulfide) groups is 2. The molecule has 0 spiro atoms. The molecule has 6 amide bonds. The van der Waals surface area contributed by atoms with Crippen molar-refractivity contribution in [3.05, 3.63) is 105 Å². The number of furan rings is 2. The number of benzene rings is 2. The lowest BCUT2D eigenvalue weighted by Crippen LogP contribution is -2.30. The van der Waals surface area contributed by atoms with Crippen LogP contribution in [0.3, 0.4) is 0 Å². The van der Waals surface area contributed by atoms with Crippen molar-refractivity contribution in [3.63, 3.8) is 0 Å². The van der Waals surface area contributed by atoms with Crippen LogP contribution in [0.2, 0.25) is 0 Å². The third-order valence-electron chi connectivity index (χ3n) is 8.79. The Morgan fingerprint density at radius 3 is 1.74 bits per heavy atom. The fraction of sp³-hybridized carbons (Fsp3) is 0.179. The molecule has 8 rings (SSSR count). The van der Waals surface area contributed by atoms with Crippen LogP contribution in [0.15, 0.2) is 91.9 Å². The second-order valence-corrected chi connectivity index (χ2v) is 14.5. The first kappa shape index (κ1) is 35.5. The van der Waals surface area contributed by atoms with E-state index >= 15 is 0 Å². The van der Waals surface area contributed by atoms with Gasteiger partial charge >= 0.3 is 0 Å². The molecule has 2 aromatic heterocycles. The Labute approximate surface area is 311 Å². The van der Waals surface area contributed by atoms with Gasteiger partial charge in [-0.3, -0.25) is 39.4 Å². The third kappa shape index (κ3) is 8.62. The van der Waals surface area contributed by atoms with Crippen molar-refractivity contribution in [2.75, 3.05) is 13.1 Å². The van der Waals surface area contributed by atoms with Gasteiger partial charge < -0.3 is 19.1 Å². The summed E-state index contributed by atoms with van der Waals surface area (Å²) in [5, 5.41) is 8.41. The first-order valence-corrected chi connectivity index (χ1v) is 18.4. The summed E-state index contributed by atoms with van der Waals surface area (Å²) in [7, 11) is 0. The Morgan fingerprint density at radius 2 is 1.25 bits per heavy atom. The predicted octanol–water partition coefficient (Wildman–Crippen LogP) is 7.00. The van der Waals surface area contributed by atoms with Crippen LogP contribution >= 0.6 is 23.5 Å². The van der Waals surface area contributed by atoms with E-state index in [2.05, 4.69) is 16.0 Å². The minimum Gasteiger partial charge on any atom is -0.464 e. The quantitative estimate of drug-likeness (QED) is 0.132. The standard InChI is InChI=1S/C20H18N2O4S.C19H14N2O4S/c23-18(21-14-3-1-2-4-14)8-6-13-11-26-16-7-5-12(9-15(13)16)10-17-19(24)22-20(25)27-17;22-17(21-7-1-2-8-21)6-4-13-11-25-15-5-3-12(9-14(13)15)10-16-18(23)20-19(24)26-16/h5-11,14H,1-4H2,(H,21,23)(H,22,24,25);1-6,9-11H,7-8H2,(H,20,23,24). The molecule has 4 aliphatic rings. The van der Waals surface area contributed by atoms with Gasteiger partial charge in [0, 0.05) is 53.2 Å². The minimum absolute atomic E-state index is 0.0554. The molecule has 1 aliphatic carbocycles. The number of carbonyl (C=O) groups excluding carboxylic acids is 6. The Balaban J connectivity index is 0.000000164. The highest BCUT2D eigenvalue weighted by atomic mass is 32.2. The molecule has 3 N–H and O–H groups in total. The minimum atomic E-state index is -0.391. The van der Waals surface area contributed by atoms with Gasteiger partial charge in [0.2, 0.25) is 11.8 Å². The number of rotatable bonds is 7. The zero-order chi connectivity index (χ0) is 36.9. The summed E-state index contributed by atoms with van der Waals surface area (Å²) in [4.78, 5) is 72.5. The number of nitrogens with one attached hydrogen (secondary N) is 3. The summed E-state index contributed by atoms with van der Waals surface area (Å²) in [6.07, 6.45) is 21.4. The van der Waals surface area contributed by atoms with Crippen LogP contribution in [-0.2, 0) is 19.2 Å². The van der Waals surface area contributed by atoms with Crippen LogP contribution in [0.25, 0.3) is 46.2 Å². The smallest absolute Gasteiger partial charge is 0.290 e. The molecule has 5 heterocycles. The Bertz CT molecular complexity index is 2310. The van der Waals surface area contributed by atoms with Gasteiger partial charge in [0.15, 0.2) is 0 Å². The summed E-state index contributed by atoms with van der Waals surface area (Å²) < 4.78 is 11.1. The maximum Gasteiger partial charge on any atom is 0.290 e. The molecule has 3 aliphatic heterocycles. The van der Waals surface area contributed by atoms with Gasteiger partial charge in [-0.1, -0.05) is 37.1 Å². The van der Waals surface area contributed by atoms with Gasteiger partial charge in [0.25, 0.3) is 22.3 Å². The Kier molecular flexibility index (Phi) is 10.6. The summed E-state index contributed by atoms with van der Waals surface area (Å²) in [5.74, 6) is -0.939. The summed E-state index contributed by atoms with van der Waals surface area (Å²) in [6, 6.07) is 11.2. The molecule has 4 aromatic rings. The second kappa shape index (κ2) is 15.8. The largest absolute Gasteiger partial charge is 0.464 e. The number of nitrogens with zero attached hydrogens (tertiary/aromatic N) is 1. The maximum atomic E-state index is 12.1. The van der Waals surface area contributed by atoms with Crippen LogP contribution in [0, 0.1) is 0 Å². The average molecular weight is 749 g/mol. The van der Waals surface area contributed by atoms with Crippen molar-refractivity contribution in [3.8, 4) is 0 Å². The summed E-state index contributed by atoms with van der Waals surface area (Å²) in [6.45, 7) is 1.26. The number of hydrogen-bond acceptors (Lipinski definition) is 10. The fourth-order valence-electron chi connectivity index (χ4n) is 6.12. The van der Waals surface area contributed by atoms with Crippen molar-refractivity contribution in [2.45, 2.75) is 31.7 Å². The zero-order valence-corrected chi connectivity index (χ0v) is 29.7. The number of amides is 6. The molecule has 3 fully saturated rings. The van der Waals surface area contributed by atoms with E-state index in [9.17, 15) is 28.8 Å². The first-order valence-electron chi connectivity index (χ1n) is 16.8. The van der Waals surface area contributed by atoms with Gasteiger partial charge in [-0.2, -0.15) is 0 Å². The van der Waals surface area contributed by atoms with Crippen LogP contribution in [-0.4, -0.2) is 58.1 Å². The van der Waals surface area contributed by atoms with Crippen molar-refractivity contribution in [1.82, 2.24) is 20.9 Å². The van der Waals surface area contributed by atoms with Crippen molar-refractivity contribution < 1.29 is 37.6 Å². The normalized spacial score (nSPS) is 19.1. The van der Waals surface area contributed by atoms with E-state index < -0.39 is 5.91 Å². The topological polar surface area (TPSA) is 168 Å². The lowest BCUT2D eigenvalue weighted by molar-refractivity contribution is -0.124. The molecule has 12 nitrogen and oxygen atoms in total. The SMILES string of the molecule is O=C(C=Cc1coc2ccc(C=C3SC(=O)NC3=O)cc12)NC1CCCC1.O=C1NC(=O)C(=Cc2ccc3occ(C=CC(=O)N4CC=CC4)c3c2)S1. The molecule has 0 atom stereocenters. The number of imide groups is 2. The molecule has 2 aromatic carbocycles. The van der Waals surface area contributed by atoms with Crippen LogP contribution in [0.5, 0.6) is 0 Å². The van der Waals surface area contributed by atoms with E-state index in [4.69, 9.17) is 8.83 Å². The summed E-state index contributed by atoms with van der Waals surface area (Å²) in [5.41, 5.74) is 4.48. The van der Waals surface area contributed by atoms with E-state index in [-0.39, 0.29) is 34.2 Å². The number of fused-ring (bicyclic) bond motifs is 2. The summed E-state index contributed by atoms with van der Waals surface area (Å²) >= 11 is 1.76. The Hall–Kier alpha value is -5.86. The predicted molar refractivity (Wildman–Crippen MR) is 205 cm³/mol. The molecular weight excluding hydrogens is 717 g/mol. The lowest BCUT2D eigenvalue weighted by atomic mass is 10.1. The van der Waals surface area contributed by atoms with Crippen molar-refractivity contribution >= 4 is 104 Å². The van der Waals surface area contributed by atoms with Gasteiger partial charge in [-0.25, -0.2) is 0 Å². The van der Waals surface area contributed by atoms with Crippen molar-refractivity contribution in [1.29, 1.82) is 0 Å². The molecule has 14 heteroatoms. The molecule has 0 bridgehead atoms. The lowest BCUT2D eigenvalue weighted by Gasteiger charge is -2.11. The molecule has 1 saturated carbocycles. The van der Waals surface area contributed by atoms with Crippen molar-refractivity contribution in [2.24, 2.45) is 0 Å². The third-order valence-corrected chi connectivity index (χ3v) is 10.4. The highest BCUT2D eigenvalue weighted by Crippen LogP contribution is 2.30. The van der Waals surface area contributed by atoms with Gasteiger partial charge in [0.1, 0.15) is 11.2 Å². The highest BCUT2D eigenvalue weighted by Gasteiger charge is 2.26. The zero-order valence-electron chi connectivity index (χ0n) is 28.1. The van der Waals surface area contributed by atoms with Gasteiger partial charge in [-0.15, -0.1) is 0 Å². The van der Waals surface area contributed by atoms with Crippen LogP contribution in [0.4, 0.5) is 9.59 Å². The van der Waals surface area contributed by atoms with Crippen LogP contribution in [0.1, 0.15) is 47.9 Å². The van der Waals surface area contributed by atoms with Gasteiger partial charge in [0.05, 0.1) is 22.3 Å². The fourth-order valence-corrected chi connectivity index (χ4v) is 7.49. The maximum absolute atomic E-state index is 12.1. The molecular formula is C39H32N4O8S2.